The topological polar surface area (TPSA) is 49.4 Å². The molecule has 0 bridgehead atoms. The Bertz CT molecular complexity index is 962. The van der Waals surface area contributed by atoms with Gasteiger partial charge in [-0.05, 0) is 79.2 Å². The predicted octanol–water partition coefficient (Wildman–Crippen LogP) is 6.32. The number of nitrogens with zero attached hydrogens (tertiary/aromatic N) is 1. The summed E-state index contributed by atoms with van der Waals surface area (Å²) in [6.07, 6.45) is 6.26. The van der Waals surface area contributed by atoms with Crippen LogP contribution in [0.25, 0.3) is 0 Å². The first-order valence-electron chi connectivity index (χ1n) is 11.4. The van der Waals surface area contributed by atoms with Gasteiger partial charge in [0.15, 0.2) is 0 Å². The van der Waals surface area contributed by atoms with E-state index in [2.05, 4.69) is 36.5 Å². The quantitative estimate of drug-likeness (QED) is 0.443. The van der Waals surface area contributed by atoms with Gasteiger partial charge >= 0.3 is 0 Å². The van der Waals surface area contributed by atoms with Crippen LogP contribution in [0.5, 0.6) is 0 Å². The van der Waals surface area contributed by atoms with E-state index in [1.165, 1.54) is 49.9 Å². The van der Waals surface area contributed by atoms with Crippen molar-refractivity contribution in [3.8, 4) is 0 Å². The Balaban J connectivity index is 1.70. The Labute approximate surface area is 193 Å². The molecule has 6 heteroatoms. The highest BCUT2D eigenvalue weighted by Crippen LogP contribution is 2.40. The maximum Gasteiger partial charge on any atom is 0.261 e. The molecular formula is C25H35ClN2O2S. The highest BCUT2D eigenvalue weighted by Gasteiger charge is 2.38. The van der Waals surface area contributed by atoms with E-state index in [4.69, 9.17) is 11.6 Å². The molecule has 170 valence electrons. The molecule has 3 rings (SSSR count). The molecule has 0 aliphatic carbocycles. The molecule has 0 radical (unpaired) electrons. The van der Waals surface area contributed by atoms with Gasteiger partial charge in [0.1, 0.15) is 0 Å². The monoisotopic (exact) mass is 462 g/mol. The summed E-state index contributed by atoms with van der Waals surface area (Å²) in [6.45, 7) is 10.2. The van der Waals surface area contributed by atoms with E-state index < -0.39 is 10.0 Å². The van der Waals surface area contributed by atoms with Crippen molar-refractivity contribution < 1.29 is 8.42 Å². The predicted molar refractivity (Wildman–Crippen MR) is 130 cm³/mol. The number of sulfonamides is 1. The first kappa shape index (κ1) is 24.1. The summed E-state index contributed by atoms with van der Waals surface area (Å²) in [5.41, 5.74) is 1.83. The Morgan fingerprint density at radius 1 is 1.13 bits per heavy atom. The summed E-state index contributed by atoms with van der Waals surface area (Å²) < 4.78 is 28.3. The molecule has 0 aromatic heterocycles. The second kappa shape index (κ2) is 10.4. The molecule has 4 nitrogen and oxygen atoms in total. The summed E-state index contributed by atoms with van der Waals surface area (Å²) in [7, 11) is -3.65. The van der Waals surface area contributed by atoms with Gasteiger partial charge in [0.05, 0.1) is 4.90 Å². The average Bonchev–Trinajstić information content (AvgIpc) is 2.74. The third-order valence-electron chi connectivity index (χ3n) is 6.79. The van der Waals surface area contributed by atoms with Crippen molar-refractivity contribution in [2.45, 2.75) is 63.2 Å². The molecular weight excluding hydrogens is 428 g/mol. The lowest BCUT2D eigenvalue weighted by molar-refractivity contribution is 0.109. The summed E-state index contributed by atoms with van der Waals surface area (Å²) in [5, 5.41) is 0.513. The van der Waals surface area contributed by atoms with Crippen LogP contribution >= 0.6 is 11.6 Å². The third-order valence-corrected chi connectivity index (χ3v) is 8.44. The van der Waals surface area contributed by atoms with Crippen LogP contribution in [-0.2, 0) is 15.4 Å². The molecule has 2 aromatic rings. The van der Waals surface area contributed by atoms with Crippen molar-refractivity contribution in [3.63, 3.8) is 0 Å². The van der Waals surface area contributed by atoms with Gasteiger partial charge in [-0.1, -0.05) is 63.8 Å². The molecule has 1 heterocycles. The molecule has 1 N–H and O–H groups in total. The second-order valence-electron chi connectivity index (χ2n) is 9.07. The van der Waals surface area contributed by atoms with E-state index in [0.717, 1.165) is 19.5 Å². The number of benzene rings is 2. The number of rotatable bonds is 9. The van der Waals surface area contributed by atoms with Crippen molar-refractivity contribution in [3.05, 3.63) is 59.1 Å². The van der Waals surface area contributed by atoms with Gasteiger partial charge in [-0.3, -0.25) is 4.72 Å². The van der Waals surface area contributed by atoms with Gasteiger partial charge in [-0.25, -0.2) is 8.42 Å². The minimum absolute atomic E-state index is 0.0294. The number of anilines is 1. The zero-order valence-corrected chi connectivity index (χ0v) is 20.5. The highest BCUT2D eigenvalue weighted by molar-refractivity contribution is 7.92. The minimum atomic E-state index is -3.65. The Kier molecular flexibility index (Phi) is 8.06. The van der Waals surface area contributed by atoms with E-state index in [9.17, 15) is 8.42 Å². The van der Waals surface area contributed by atoms with E-state index in [-0.39, 0.29) is 10.3 Å². The second-order valence-corrected chi connectivity index (χ2v) is 11.2. The zero-order valence-electron chi connectivity index (χ0n) is 18.9. The fraction of sp³-hybridized carbons (Fsp3) is 0.520. The minimum Gasteiger partial charge on any atom is -0.303 e. The normalized spacial score (nSPS) is 22.4. The van der Waals surface area contributed by atoms with Crippen LogP contribution in [0.15, 0.2) is 53.4 Å². The van der Waals surface area contributed by atoms with Gasteiger partial charge in [0.2, 0.25) is 0 Å². The summed E-state index contributed by atoms with van der Waals surface area (Å²) in [6, 6.07) is 14.1. The molecule has 31 heavy (non-hydrogen) atoms. The van der Waals surface area contributed by atoms with Crippen LogP contribution in [-0.4, -0.2) is 33.0 Å². The van der Waals surface area contributed by atoms with Crippen molar-refractivity contribution in [1.29, 1.82) is 0 Å². The molecule has 1 aliphatic rings. The van der Waals surface area contributed by atoms with Gasteiger partial charge in [0, 0.05) is 17.3 Å². The molecule has 0 amide bonds. The van der Waals surface area contributed by atoms with Crippen LogP contribution in [0.4, 0.5) is 5.69 Å². The number of likely N-dealkylation sites (tertiary alicyclic amines) is 1. The lowest BCUT2D eigenvalue weighted by Crippen LogP contribution is -2.47. The molecule has 2 atom stereocenters. The zero-order chi connectivity index (χ0) is 22.5. The highest BCUT2D eigenvalue weighted by atomic mass is 35.5. The van der Waals surface area contributed by atoms with Gasteiger partial charge in [-0.2, -0.15) is 0 Å². The SMILES string of the molecule is CCCCCCN1CC[C@](C)(c2cccc(NS(=O)(=O)c3ccc(Cl)cc3)c2)[C@@H](C)C1. The summed E-state index contributed by atoms with van der Waals surface area (Å²) in [5.74, 6) is 0.496. The van der Waals surface area contributed by atoms with E-state index >= 15 is 0 Å². The fourth-order valence-corrected chi connectivity index (χ4v) is 5.65. The number of piperidine rings is 1. The first-order chi connectivity index (χ1) is 14.7. The molecule has 0 saturated carbocycles. The number of unbranched alkanes of at least 4 members (excludes halogenated alkanes) is 3. The van der Waals surface area contributed by atoms with E-state index in [1.807, 2.05) is 18.2 Å². The molecule has 0 spiro atoms. The molecule has 2 aromatic carbocycles. The number of nitrogens with one attached hydrogen (secondary N) is 1. The molecule has 1 aliphatic heterocycles. The summed E-state index contributed by atoms with van der Waals surface area (Å²) in [4.78, 5) is 2.80. The van der Waals surface area contributed by atoms with Crippen molar-refractivity contribution in [2.75, 3.05) is 24.4 Å². The van der Waals surface area contributed by atoms with E-state index in [1.54, 1.807) is 12.1 Å². The van der Waals surface area contributed by atoms with Crippen molar-refractivity contribution >= 4 is 27.3 Å². The number of hydrogen-bond acceptors (Lipinski definition) is 3. The first-order valence-corrected chi connectivity index (χ1v) is 13.2. The van der Waals surface area contributed by atoms with Crippen LogP contribution in [0.1, 0.15) is 58.4 Å². The lowest BCUT2D eigenvalue weighted by atomic mass is 9.68. The van der Waals surface area contributed by atoms with Crippen LogP contribution in [0.2, 0.25) is 5.02 Å². The maximum absolute atomic E-state index is 12.8. The smallest absolute Gasteiger partial charge is 0.261 e. The van der Waals surface area contributed by atoms with Crippen molar-refractivity contribution in [2.24, 2.45) is 5.92 Å². The maximum atomic E-state index is 12.8. The van der Waals surface area contributed by atoms with Crippen LogP contribution < -0.4 is 4.72 Å². The van der Waals surface area contributed by atoms with Crippen molar-refractivity contribution in [1.82, 2.24) is 4.90 Å². The van der Waals surface area contributed by atoms with Crippen LogP contribution in [0.3, 0.4) is 0 Å². The standard InChI is InChI=1S/C25H35ClN2O2S/c1-4-5-6-7-16-28-17-15-25(3,20(2)19-28)21-9-8-10-23(18-21)27-31(29,30)24-13-11-22(26)12-14-24/h8-14,18,20,27H,4-7,15-17,19H2,1-3H3/t20-,25-/m0/s1. The lowest BCUT2D eigenvalue weighted by Gasteiger charge is -2.45. The Morgan fingerprint density at radius 3 is 2.55 bits per heavy atom. The molecule has 1 fully saturated rings. The third kappa shape index (κ3) is 6.03. The van der Waals surface area contributed by atoms with Gasteiger partial charge in [-0.15, -0.1) is 0 Å². The molecule has 0 unspecified atom stereocenters. The average molecular weight is 463 g/mol. The Morgan fingerprint density at radius 2 is 1.87 bits per heavy atom. The fourth-order valence-electron chi connectivity index (χ4n) is 4.48. The van der Waals surface area contributed by atoms with Gasteiger partial charge < -0.3 is 4.90 Å². The summed E-state index contributed by atoms with van der Waals surface area (Å²) >= 11 is 5.89. The van der Waals surface area contributed by atoms with Crippen LogP contribution in [0, 0.1) is 5.92 Å². The number of hydrogen-bond donors (Lipinski definition) is 1. The van der Waals surface area contributed by atoms with Gasteiger partial charge in [0.25, 0.3) is 10.0 Å². The Hall–Kier alpha value is -1.56. The number of halogens is 1. The molecule has 1 saturated heterocycles. The van der Waals surface area contributed by atoms with E-state index in [0.29, 0.717) is 16.6 Å². The largest absolute Gasteiger partial charge is 0.303 e.